The molecule has 0 bridgehead atoms. The van der Waals surface area contributed by atoms with Crippen molar-refractivity contribution in [3.05, 3.63) is 66.5 Å². The smallest absolute Gasteiger partial charge is 0.247 e. The molecule has 1 aromatic heterocycles. The third-order valence-corrected chi connectivity index (χ3v) is 5.84. The lowest BCUT2D eigenvalue weighted by Crippen LogP contribution is -2.44. The number of aliphatic hydroxyl groups excluding tert-OH is 1. The van der Waals surface area contributed by atoms with Gasteiger partial charge in [-0.1, -0.05) is 61.7 Å². The molecule has 0 radical (unpaired) electrons. The van der Waals surface area contributed by atoms with Crippen LogP contribution < -0.4 is 5.32 Å². The van der Waals surface area contributed by atoms with Gasteiger partial charge in [-0.2, -0.15) is 0 Å². The first-order chi connectivity index (χ1) is 13.8. The van der Waals surface area contributed by atoms with Gasteiger partial charge in [0.15, 0.2) is 0 Å². The monoisotopic (exact) mass is 377 g/mol. The zero-order valence-electron chi connectivity index (χ0n) is 16.0. The minimum Gasteiger partial charge on any atom is -0.396 e. The van der Waals surface area contributed by atoms with Gasteiger partial charge in [-0.15, -0.1) is 0 Å². The van der Waals surface area contributed by atoms with Crippen LogP contribution in [0, 0.1) is 5.92 Å². The Bertz CT molecular complexity index is 922. The fraction of sp³-hybridized carbons (Fsp3) is 0.391. The molecule has 5 nitrogen and oxygen atoms in total. The summed E-state index contributed by atoms with van der Waals surface area (Å²) < 4.78 is 1.95. The first kappa shape index (κ1) is 18.7. The lowest BCUT2D eigenvalue weighted by atomic mass is 9.94. The van der Waals surface area contributed by atoms with Crippen LogP contribution >= 0.6 is 0 Å². The molecule has 146 valence electrons. The van der Waals surface area contributed by atoms with Gasteiger partial charge >= 0.3 is 0 Å². The molecule has 2 N–H and O–H groups in total. The zero-order valence-corrected chi connectivity index (χ0v) is 16.0. The third-order valence-electron chi connectivity index (χ3n) is 5.84. The van der Waals surface area contributed by atoms with E-state index in [1.54, 1.807) is 6.33 Å². The van der Waals surface area contributed by atoms with Crippen LogP contribution in [-0.2, 0) is 4.79 Å². The fourth-order valence-electron chi connectivity index (χ4n) is 4.31. The van der Waals surface area contributed by atoms with Gasteiger partial charge in [0.05, 0.1) is 17.4 Å². The highest BCUT2D eigenvalue weighted by atomic mass is 16.3. The Hall–Kier alpha value is -2.66. The van der Waals surface area contributed by atoms with E-state index in [4.69, 9.17) is 0 Å². The molecular weight excluding hydrogens is 350 g/mol. The summed E-state index contributed by atoms with van der Waals surface area (Å²) in [6.07, 6.45) is 7.00. The van der Waals surface area contributed by atoms with Gasteiger partial charge in [-0.25, -0.2) is 4.98 Å². The fourth-order valence-corrected chi connectivity index (χ4v) is 4.31. The van der Waals surface area contributed by atoms with Crippen LogP contribution in [0.1, 0.15) is 43.7 Å². The van der Waals surface area contributed by atoms with Crippen LogP contribution in [0.2, 0.25) is 0 Å². The molecule has 1 aliphatic carbocycles. The normalized spacial score (nSPS) is 21.2. The quantitative estimate of drug-likeness (QED) is 0.667. The van der Waals surface area contributed by atoms with Crippen LogP contribution in [0.15, 0.2) is 60.9 Å². The minimum absolute atomic E-state index is 0.0148. The number of aromatic nitrogens is 2. The molecule has 0 spiro atoms. The van der Waals surface area contributed by atoms with E-state index >= 15 is 0 Å². The highest BCUT2D eigenvalue weighted by Crippen LogP contribution is 2.27. The highest BCUT2D eigenvalue weighted by molar-refractivity contribution is 5.86. The molecule has 4 rings (SSSR count). The van der Waals surface area contributed by atoms with E-state index in [9.17, 15) is 9.90 Å². The number of benzene rings is 2. The lowest BCUT2D eigenvalue weighted by molar-refractivity contribution is -0.124. The number of hydrogen-bond acceptors (Lipinski definition) is 3. The highest BCUT2D eigenvalue weighted by Gasteiger charge is 2.30. The lowest BCUT2D eigenvalue weighted by Gasteiger charge is -2.28. The zero-order chi connectivity index (χ0) is 19.3. The molecule has 0 saturated heterocycles. The van der Waals surface area contributed by atoms with E-state index in [1.165, 1.54) is 0 Å². The molecule has 1 heterocycles. The van der Waals surface area contributed by atoms with Gasteiger partial charge in [0.2, 0.25) is 5.91 Å². The van der Waals surface area contributed by atoms with Crippen molar-refractivity contribution < 1.29 is 9.90 Å². The number of fused-ring (bicyclic) bond motifs is 1. The summed E-state index contributed by atoms with van der Waals surface area (Å²) >= 11 is 0. The molecule has 1 aliphatic rings. The van der Waals surface area contributed by atoms with Crippen LogP contribution in [0.4, 0.5) is 0 Å². The van der Waals surface area contributed by atoms with Crippen molar-refractivity contribution in [2.75, 3.05) is 6.61 Å². The number of nitrogens with one attached hydrogen (secondary N) is 1. The summed E-state index contributed by atoms with van der Waals surface area (Å²) in [4.78, 5) is 18.0. The van der Waals surface area contributed by atoms with E-state index in [-0.39, 0.29) is 24.5 Å². The van der Waals surface area contributed by atoms with Crippen molar-refractivity contribution in [2.45, 2.75) is 44.2 Å². The number of nitrogens with zero attached hydrogens (tertiary/aromatic N) is 2. The summed E-state index contributed by atoms with van der Waals surface area (Å²) in [7, 11) is 0. The van der Waals surface area contributed by atoms with Crippen molar-refractivity contribution in [1.29, 1.82) is 0 Å². The first-order valence-electron chi connectivity index (χ1n) is 10.2. The SMILES string of the molecule is O=C(NC1CCCCCC1CO)C(c1ccccc1)n1cnc2ccccc21. The summed E-state index contributed by atoms with van der Waals surface area (Å²) in [5.41, 5.74) is 2.74. The number of hydrogen-bond donors (Lipinski definition) is 2. The van der Waals surface area contributed by atoms with E-state index in [2.05, 4.69) is 10.3 Å². The van der Waals surface area contributed by atoms with Crippen LogP contribution in [0.25, 0.3) is 11.0 Å². The second-order valence-corrected chi connectivity index (χ2v) is 7.65. The standard InChI is InChI=1S/C23H27N3O2/c27-15-18-11-5-2-6-12-19(18)25-23(28)22(17-9-3-1-4-10-17)26-16-24-20-13-7-8-14-21(20)26/h1,3-4,7-10,13-14,16,18-19,22,27H,2,5-6,11-12,15H2,(H,25,28). The third kappa shape index (κ3) is 3.80. The van der Waals surface area contributed by atoms with Gasteiger partial charge in [0, 0.05) is 18.6 Å². The topological polar surface area (TPSA) is 67.2 Å². The minimum atomic E-state index is -0.490. The van der Waals surface area contributed by atoms with Crippen molar-refractivity contribution in [2.24, 2.45) is 5.92 Å². The molecule has 2 aromatic carbocycles. The summed E-state index contributed by atoms with van der Waals surface area (Å²) in [5, 5.41) is 13.1. The van der Waals surface area contributed by atoms with E-state index in [0.29, 0.717) is 0 Å². The van der Waals surface area contributed by atoms with Gasteiger partial charge in [0.25, 0.3) is 0 Å². The summed E-state index contributed by atoms with van der Waals surface area (Å²) in [6.45, 7) is 0.120. The number of aliphatic hydroxyl groups is 1. The number of imidazole rings is 1. The van der Waals surface area contributed by atoms with Gasteiger partial charge in [-0.05, 0) is 30.5 Å². The van der Waals surface area contributed by atoms with Crippen LogP contribution in [0.3, 0.4) is 0 Å². The Balaban J connectivity index is 1.68. The van der Waals surface area contributed by atoms with Gasteiger partial charge in [-0.3, -0.25) is 4.79 Å². The molecule has 0 aliphatic heterocycles. The largest absolute Gasteiger partial charge is 0.396 e. The maximum atomic E-state index is 13.5. The summed E-state index contributed by atoms with van der Waals surface area (Å²) in [6, 6.07) is 17.2. The Morgan fingerprint density at radius 3 is 2.64 bits per heavy atom. The number of carbonyl (C=O) groups is 1. The predicted molar refractivity (Wildman–Crippen MR) is 110 cm³/mol. The Labute approximate surface area is 165 Å². The van der Waals surface area contributed by atoms with Crippen molar-refractivity contribution in [1.82, 2.24) is 14.9 Å². The van der Waals surface area contributed by atoms with Crippen LogP contribution in [0.5, 0.6) is 0 Å². The molecule has 5 heteroatoms. The van der Waals surface area contributed by atoms with Gasteiger partial charge < -0.3 is 15.0 Å². The second-order valence-electron chi connectivity index (χ2n) is 7.65. The molecule has 1 amide bonds. The average molecular weight is 377 g/mol. The average Bonchev–Trinajstić information content (AvgIpc) is 3.01. The second kappa shape index (κ2) is 8.57. The van der Waals surface area contributed by atoms with Crippen LogP contribution in [-0.4, -0.2) is 33.2 Å². The molecule has 3 atom stereocenters. The molecule has 1 fully saturated rings. The molecule has 3 unspecified atom stereocenters. The number of para-hydroxylation sites is 2. The number of amides is 1. The van der Waals surface area contributed by atoms with Gasteiger partial charge in [0.1, 0.15) is 6.04 Å². The van der Waals surface area contributed by atoms with E-state index < -0.39 is 6.04 Å². The first-order valence-corrected chi connectivity index (χ1v) is 10.2. The van der Waals surface area contributed by atoms with Crippen molar-refractivity contribution in [3.8, 4) is 0 Å². The van der Waals surface area contributed by atoms with Crippen molar-refractivity contribution >= 4 is 16.9 Å². The summed E-state index contributed by atoms with van der Waals surface area (Å²) in [5.74, 6) is 0.0853. The molecule has 1 saturated carbocycles. The molecular formula is C23H27N3O2. The Morgan fingerprint density at radius 1 is 1.07 bits per heavy atom. The maximum absolute atomic E-state index is 13.5. The van der Waals surface area contributed by atoms with E-state index in [0.717, 1.165) is 48.7 Å². The Morgan fingerprint density at radius 2 is 1.82 bits per heavy atom. The Kier molecular flexibility index (Phi) is 5.72. The van der Waals surface area contributed by atoms with Crippen molar-refractivity contribution in [3.63, 3.8) is 0 Å². The molecule has 3 aromatic rings. The number of carbonyl (C=O) groups excluding carboxylic acids is 1. The number of rotatable bonds is 5. The molecule has 28 heavy (non-hydrogen) atoms. The maximum Gasteiger partial charge on any atom is 0.247 e. The predicted octanol–water partition coefficient (Wildman–Crippen LogP) is 3.68. The van der Waals surface area contributed by atoms with E-state index in [1.807, 2.05) is 59.2 Å².